The summed E-state index contributed by atoms with van der Waals surface area (Å²) < 4.78 is 39.5. The molecule has 0 fully saturated rings. The molecule has 152 valence electrons. The SMILES string of the molecule is Cc1nc(N[C@H](C)c2cc(N)cc(C(F)(F)F)c2)c2cc(C)c3c(c2n1)CCC3. The second-order valence-electron chi connectivity index (χ2n) is 7.77. The zero-order valence-electron chi connectivity index (χ0n) is 16.6. The lowest BCUT2D eigenvalue weighted by atomic mass is 9.99. The minimum Gasteiger partial charge on any atom is -0.399 e. The van der Waals surface area contributed by atoms with E-state index < -0.39 is 17.8 Å². The van der Waals surface area contributed by atoms with Crippen molar-refractivity contribution >= 4 is 22.4 Å². The monoisotopic (exact) mass is 400 g/mol. The predicted octanol–water partition coefficient (Wildman–Crippen LogP) is 5.51. The van der Waals surface area contributed by atoms with E-state index >= 15 is 0 Å². The van der Waals surface area contributed by atoms with Gasteiger partial charge >= 0.3 is 6.18 Å². The molecule has 1 aromatic heterocycles. The van der Waals surface area contributed by atoms with Gasteiger partial charge in [0.15, 0.2) is 0 Å². The van der Waals surface area contributed by atoms with Crippen LogP contribution in [0.1, 0.15) is 53.0 Å². The van der Waals surface area contributed by atoms with Gasteiger partial charge in [0, 0.05) is 11.1 Å². The second-order valence-corrected chi connectivity index (χ2v) is 7.77. The molecule has 4 rings (SSSR count). The van der Waals surface area contributed by atoms with Gasteiger partial charge in [-0.05, 0) is 86.6 Å². The number of nitrogens with two attached hydrogens (primary N) is 1. The Hall–Kier alpha value is -2.83. The van der Waals surface area contributed by atoms with Gasteiger partial charge in [0.2, 0.25) is 0 Å². The molecule has 0 radical (unpaired) electrons. The quantitative estimate of drug-likeness (QED) is 0.569. The molecule has 7 heteroatoms. The lowest BCUT2D eigenvalue weighted by Gasteiger charge is -2.20. The van der Waals surface area contributed by atoms with Crippen LogP contribution in [0.15, 0.2) is 24.3 Å². The Morgan fingerprint density at radius 3 is 2.48 bits per heavy atom. The maximum atomic E-state index is 13.2. The first kappa shape index (κ1) is 19.5. The van der Waals surface area contributed by atoms with E-state index in [1.807, 2.05) is 6.92 Å². The summed E-state index contributed by atoms with van der Waals surface area (Å²) >= 11 is 0. The van der Waals surface area contributed by atoms with Crippen molar-refractivity contribution in [2.75, 3.05) is 11.1 Å². The molecule has 1 atom stereocenters. The maximum Gasteiger partial charge on any atom is 0.416 e. The van der Waals surface area contributed by atoms with Crippen molar-refractivity contribution in [1.29, 1.82) is 0 Å². The Bertz CT molecular complexity index is 1110. The van der Waals surface area contributed by atoms with E-state index in [0.717, 1.165) is 42.3 Å². The lowest BCUT2D eigenvalue weighted by molar-refractivity contribution is -0.137. The van der Waals surface area contributed by atoms with Crippen LogP contribution in [0.3, 0.4) is 0 Å². The van der Waals surface area contributed by atoms with Crippen molar-refractivity contribution in [1.82, 2.24) is 9.97 Å². The number of fused-ring (bicyclic) bond motifs is 3. The van der Waals surface area contributed by atoms with E-state index in [-0.39, 0.29) is 5.69 Å². The molecule has 0 aliphatic heterocycles. The van der Waals surface area contributed by atoms with E-state index in [1.54, 1.807) is 13.0 Å². The zero-order chi connectivity index (χ0) is 20.9. The minimum atomic E-state index is -4.44. The molecule has 0 unspecified atom stereocenters. The molecule has 3 aromatic rings. The second kappa shape index (κ2) is 6.90. The van der Waals surface area contributed by atoms with Crippen LogP contribution in [0, 0.1) is 13.8 Å². The fourth-order valence-corrected chi connectivity index (χ4v) is 4.18. The number of aromatic nitrogens is 2. The number of hydrogen-bond acceptors (Lipinski definition) is 4. The van der Waals surface area contributed by atoms with Gasteiger partial charge in [-0.15, -0.1) is 0 Å². The standard InChI is InChI=1S/C22H23F3N4/c1-11-7-19-20(18-6-4-5-17(11)18)28-13(3)29-21(19)27-12(2)14-8-15(22(23,24)25)10-16(26)9-14/h7-10,12H,4-6,26H2,1-3H3,(H,27,28,29)/t12-/m1/s1. The van der Waals surface area contributed by atoms with Crippen LogP contribution in [-0.4, -0.2) is 9.97 Å². The number of benzene rings is 2. The highest BCUT2D eigenvalue weighted by molar-refractivity contribution is 5.93. The van der Waals surface area contributed by atoms with Gasteiger partial charge in [0.25, 0.3) is 0 Å². The first-order chi connectivity index (χ1) is 13.6. The van der Waals surface area contributed by atoms with Gasteiger partial charge in [-0.1, -0.05) is 0 Å². The van der Waals surface area contributed by atoms with Crippen LogP contribution >= 0.6 is 0 Å². The Morgan fingerprint density at radius 1 is 1.03 bits per heavy atom. The fourth-order valence-electron chi connectivity index (χ4n) is 4.18. The molecule has 2 aromatic carbocycles. The molecule has 1 aliphatic rings. The number of nitrogens with one attached hydrogen (secondary N) is 1. The molecular weight excluding hydrogens is 377 g/mol. The van der Waals surface area contributed by atoms with Crippen molar-refractivity contribution in [2.45, 2.75) is 52.3 Å². The number of hydrogen-bond donors (Lipinski definition) is 2. The molecule has 3 N–H and O–H groups in total. The largest absolute Gasteiger partial charge is 0.416 e. The molecule has 0 saturated carbocycles. The van der Waals surface area contributed by atoms with Crippen LogP contribution < -0.4 is 11.1 Å². The first-order valence-electron chi connectivity index (χ1n) is 9.67. The predicted molar refractivity (Wildman–Crippen MR) is 109 cm³/mol. The van der Waals surface area contributed by atoms with Crippen molar-refractivity contribution in [3.8, 4) is 0 Å². The Labute approximate surface area is 167 Å². The van der Waals surface area contributed by atoms with Gasteiger partial charge in [-0.25, -0.2) is 9.97 Å². The zero-order valence-corrected chi connectivity index (χ0v) is 16.6. The molecule has 0 bridgehead atoms. The lowest BCUT2D eigenvalue weighted by Crippen LogP contribution is -2.13. The summed E-state index contributed by atoms with van der Waals surface area (Å²) in [5, 5.41) is 4.20. The van der Waals surface area contributed by atoms with Gasteiger partial charge in [-0.2, -0.15) is 13.2 Å². The van der Waals surface area contributed by atoms with Crippen LogP contribution in [0.25, 0.3) is 10.9 Å². The van der Waals surface area contributed by atoms with Crippen molar-refractivity contribution in [2.24, 2.45) is 0 Å². The highest BCUT2D eigenvalue weighted by Gasteiger charge is 2.31. The molecular formula is C22H23F3N4. The normalized spacial score (nSPS) is 14.8. The van der Waals surface area contributed by atoms with Crippen molar-refractivity contribution in [3.05, 3.63) is 57.9 Å². The summed E-state index contributed by atoms with van der Waals surface area (Å²) in [6.45, 7) is 5.72. The molecule has 29 heavy (non-hydrogen) atoms. The average Bonchev–Trinajstić information content (AvgIpc) is 3.12. The number of halogens is 3. The number of nitrogens with zero attached hydrogens (tertiary/aromatic N) is 2. The third-order valence-corrected chi connectivity index (χ3v) is 5.56. The molecule has 0 amide bonds. The number of aryl methyl sites for hydroxylation is 3. The average molecular weight is 400 g/mol. The Kier molecular flexibility index (Phi) is 4.63. The van der Waals surface area contributed by atoms with Gasteiger partial charge in [0.1, 0.15) is 11.6 Å². The van der Waals surface area contributed by atoms with Crippen LogP contribution in [0.5, 0.6) is 0 Å². The highest BCUT2D eigenvalue weighted by atomic mass is 19.4. The Balaban J connectivity index is 1.77. The maximum absolute atomic E-state index is 13.2. The topological polar surface area (TPSA) is 63.8 Å². The molecule has 1 heterocycles. The number of anilines is 2. The van der Waals surface area contributed by atoms with Crippen LogP contribution in [-0.2, 0) is 19.0 Å². The molecule has 1 aliphatic carbocycles. The molecule has 0 spiro atoms. The first-order valence-corrected chi connectivity index (χ1v) is 9.67. The third-order valence-electron chi connectivity index (χ3n) is 5.56. The summed E-state index contributed by atoms with van der Waals surface area (Å²) in [5.74, 6) is 1.27. The molecule has 0 saturated heterocycles. The summed E-state index contributed by atoms with van der Waals surface area (Å²) in [5.41, 5.74) is 10.3. The number of rotatable bonds is 3. The van der Waals surface area contributed by atoms with Gasteiger partial charge in [-0.3, -0.25) is 0 Å². The van der Waals surface area contributed by atoms with E-state index in [4.69, 9.17) is 5.73 Å². The van der Waals surface area contributed by atoms with Crippen LogP contribution in [0.2, 0.25) is 0 Å². The summed E-state index contributed by atoms with van der Waals surface area (Å²) in [7, 11) is 0. The molecule has 4 nitrogen and oxygen atoms in total. The number of alkyl halides is 3. The summed E-state index contributed by atoms with van der Waals surface area (Å²) in [4.78, 5) is 9.22. The van der Waals surface area contributed by atoms with E-state index in [2.05, 4.69) is 28.3 Å². The van der Waals surface area contributed by atoms with Crippen LogP contribution in [0.4, 0.5) is 24.7 Å². The number of nitrogen functional groups attached to an aromatic ring is 1. The third kappa shape index (κ3) is 3.61. The minimum absolute atomic E-state index is 0.0841. The van der Waals surface area contributed by atoms with E-state index in [1.165, 1.54) is 16.7 Å². The smallest absolute Gasteiger partial charge is 0.399 e. The Morgan fingerprint density at radius 2 is 1.76 bits per heavy atom. The van der Waals surface area contributed by atoms with Crippen molar-refractivity contribution < 1.29 is 13.2 Å². The fraction of sp³-hybridized carbons (Fsp3) is 0.364. The van der Waals surface area contributed by atoms with E-state index in [0.29, 0.717) is 17.2 Å². The van der Waals surface area contributed by atoms with Gasteiger partial charge in [0.05, 0.1) is 17.1 Å². The van der Waals surface area contributed by atoms with E-state index in [9.17, 15) is 13.2 Å². The van der Waals surface area contributed by atoms with Crippen molar-refractivity contribution in [3.63, 3.8) is 0 Å². The summed E-state index contributed by atoms with van der Waals surface area (Å²) in [6, 6.07) is 5.31. The summed E-state index contributed by atoms with van der Waals surface area (Å²) in [6.07, 6.45) is -1.29. The highest BCUT2D eigenvalue weighted by Crippen LogP contribution is 2.36. The van der Waals surface area contributed by atoms with Gasteiger partial charge < -0.3 is 11.1 Å².